The number of benzene rings is 1. The number of rotatable bonds is 4. The molecule has 1 saturated heterocycles. The summed E-state index contributed by atoms with van der Waals surface area (Å²) in [5, 5.41) is 0.251. The predicted octanol–water partition coefficient (Wildman–Crippen LogP) is 4.01. The first-order chi connectivity index (χ1) is 10.6. The van der Waals surface area contributed by atoms with Crippen LogP contribution in [-0.2, 0) is 0 Å². The standard InChI is InChI=1S/C16H17ClFN3O/c1-11(22-15-5-4-12(18)10-13(15)17)14-6-7-19-16(20-14)21-8-2-3-9-21/h4-7,10-11H,2-3,8-9H2,1H3. The zero-order valence-corrected chi connectivity index (χ0v) is 13.1. The topological polar surface area (TPSA) is 38.2 Å². The Morgan fingerprint density at radius 3 is 2.77 bits per heavy atom. The van der Waals surface area contributed by atoms with Gasteiger partial charge in [-0.3, -0.25) is 0 Å². The van der Waals surface area contributed by atoms with Gasteiger partial charge in [0.1, 0.15) is 17.7 Å². The van der Waals surface area contributed by atoms with Crippen LogP contribution in [0.15, 0.2) is 30.5 Å². The average Bonchev–Trinajstić information content (AvgIpc) is 3.04. The molecule has 4 nitrogen and oxygen atoms in total. The van der Waals surface area contributed by atoms with E-state index in [9.17, 15) is 4.39 Å². The zero-order valence-electron chi connectivity index (χ0n) is 12.3. The Bertz CT molecular complexity index is 662. The van der Waals surface area contributed by atoms with Gasteiger partial charge in [0.15, 0.2) is 0 Å². The monoisotopic (exact) mass is 321 g/mol. The van der Waals surface area contributed by atoms with E-state index in [-0.39, 0.29) is 16.9 Å². The van der Waals surface area contributed by atoms with Crippen LogP contribution >= 0.6 is 11.6 Å². The van der Waals surface area contributed by atoms with Crippen LogP contribution in [0.3, 0.4) is 0 Å². The molecule has 0 spiro atoms. The van der Waals surface area contributed by atoms with Gasteiger partial charge in [0.25, 0.3) is 0 Å². The molecule has 1 aliphatic heterocycles. The largest absolute Gasteiger partial charge is 0.483 e. The fourth-order valence-electron chi connectivity index (χ4n) is 2.48. The Hall–Kier alpha value is -1.88. The lowest BCUT2D eigenvalue weighted by Gasteiger charge is -2.19. The molecule has 1 aromatic heterocycles. The minimum absolute atomic E-state index is 0.251. The minimum Gasteiger partial charge on any atom is -0.483 e. The van der Waals surface area contributed by atoms with Crippen LogP contribution in [0.1, 0.15) is 31.6 Å². The van der Waals surface area contributed by atoms with Crippen LogP contribution in [0.4, 0.5) is 10.3 Å². The van der Waals surface area contributed by atoms with Crippen molar-refractivity contribution in [2.24, 2.45) is 0 Å². The first kappa shape index (κ1) is 15.0. The van der Waals surface area contributed by atoms with Gasteiger partial charge in [-0.25, -0.2) is 14.4 Å². The summed E-state index contributed by atoms with van der Waals surface area (Å²) in [4.78, 5) is 11.1. The van der Waals surface area contributed by atoms with Crippen LogP contribution in [0, 0.1) is 5.82 Å². The number of hydrogen-bond acceptors (Lipinski definition) is 4. The van der Waals surface area contributed by atoms with Crippen molar-refractivity contribution in [2.75, 3.05) is 18.0 Å². The Morgan fingerprint density at radius 2 is 2.05 bits per heavy atom. The van der Waals surface area contributed by atoms with Gasteiger partial charge in [0.2, 0.25) is 5.95 Å². The van der Waals surface area contributed by atoms with Crippen molar-refractivity contribution in [3.05, 3.63) is 47.0 Å². The van der Waals surface area contributed by atoms with E-state index < -0.39 is 0 Å². The van der Waals surface area contributed by atoms with Crippen LogP contribution in [0.2, 0.25) is 5.02 Å². The molecule has 0 bridgehead atoms. The van der Waals surface area contributed by atoms with Crippen LogP contribution in [-0.4, -0.2) is 23.1 Å². The van der Waals surface area contributed by atoms with E-state index in [0.29, 0.717) is 5.75 Å². The second kappa shape index (κ2) is 6.48. The summed E-state index contributed by atoms with van der Waals surface area (Å²) < 4.78 is 18.9. The molecule has 22 heavy (non-hydrogen) atoms. The van der Waals surface area contributed by atoms with E-state index in [1.54, 1.807) is 6.20 Å². The Labute approximate surface area is 133 Å². The van der Waals surface area contributed by atoms with E-state index in [0.717, 1.165) is 24.7 Å². The van der Waals surface area contributed by atoms with E-state index in [1.807, 2.05) is 13.0 Å². The van der Waals surface area contributed by atoms with Crippen LogP contribution in [0.5, 0.6) is 5.75 Å². The summed E-state index contributed by atoms with van der Waals surface area (Å²) in [5.74, 6) is 0.788. The molecule has 0 amide bonds. The number of anilines is 1. The Kier molecular flexibility index (Phi) is 4.43. The summed E-state index contributed by atoms with van der Waals surface area (Å²) in [6.45, 7) is 3.86. The summed E-state index contributed by atoms with van der Waals surface area (Å²) in [5.41, 5.74) is 0.775. The van der Waals surface area contributed by atoms with Crippen molar-refractivity contribution in [1.29, 1.82) is 0 Å². The second-order valence-electron chi connectivity index (χ2n) is 5.31. The van der Waals surface area contributed by atoms with Gasteiger partial charge < -0.3 is 9.64 Å². The molecule has 3 rings (SSSR count). The van der Waals surface area contributed by atoms with Gasteiger partial charge in [0.05, 0.1) is 10.7 Å². The number of halogens is 2. The maximum Gasteiger partial charge on any atom is 0.225 e. The highest BCUT2D eigenvalue weighted by atomic mass is 35.5. The lowest BCUT2D eigenvalue weighted by atomic mass is 10.2. The normalized spacial score (nSPS) is 15.9. The molecule has 0 N–H and O–H groups in total. The molecule has 116 valence electrons. The molecule has 1 aliphatic rings. The number of nitrogens with zero attached hydrogens (tertiary/aromatic N) is 3. The van der Waals surface area contributed by atoms with Gasteiger partial charge >= 0.3 is 0 Å². The summed E-state index contributed by atoms with van der Waals surface area (Å²) in [7, 11) is 0. The lowest BCUT2D eigenvalue weighted by molar-refractivity contribution is 0.221. The minimum atomic E-state index is -0.386. The Balaban J connectivity index is 1.76. The molecule has 1 unspecified atom stereocenters. The highest BCUT2D eigenvalue weighted by Crippen LogP contribution is 2.29. The molecule has 0 radical (unpaired) electrons. The maximum atomic E-state index is 13.1. The number of ether oxygens (including phenoxy) is 1. The number of aromatic nitrogens is 2. The molecular weight excluding hydrogens is 305 g/mol. The first-order valence-corrected chi connectivity index (χ1v) is 7.71. The molecule has 1 aromatic carbocycles. The molecule has 1 atom stereocenters. The van der Waals surface area contributed by atoms with Crippen molar-refractivity contribution >= 4 is 17.5 Å². The third kappa shape index (κ3) is 3.30. The Morgan fingerprint density at radius 1 is 1.27 bits per heavy atom. The van der Waals surface area contributed by atoms with Crippen molar-refractivity contribution in [1.82, 2.24) is 9.97 Å². The fourth-order valence-corrected chi connectivity index (χ4v) is 2.69. The van der Waals surface area contributed by atoms with Crippen molar-refractivity contribution < 1.29 is 9.13 Å². The molecule has 0 aliphatic carbocycles. The molecular formula is C16H17ClFN3O. The van der Waals surface area contributed by atoms with E-state index >= 15 is 0 Å². The smallest absolute Gasteiger partial charge is 0.225 e. The average molecular weight is 322 g/mol. The second-order valence-corrected chi connectivity index (χ2v) is 5.72. The first-order valence-electron chi connectivity index (χ1n) is 7.33. The quantitative estimate of drug-likeness (QED) is 0.853. The SMILES string of the molecule is CC(Oc1ccc(F)cc1Cl)c1ccnc(N2CCCC2)n1. The number of hydrogen-bond donors (Lipinski definition) is 0. The zero-order chi connectivity index (χ0) is 15.5. The predicted molar refractivity (Wildman–Crippen MR) is 83.9 cm³/mol. The van der Waals surface area contributed by atoms with Gasteiger partial charge in [-0.2, -0.15) is 0 Å². The van der Waals surface area contributed by atoms with Crippen molar-refractivity contribution in [3.8, 4) is 5.75 Å². The van der Waals surface area contributed by atoms with E-state index in [2.05, 4.69) is 14.9 Å². The maximum absolute atomic E-state index is 13.1. The lowest BCUT2D eigenvalue weighted by Crippen LogP contribution is -2.21. The summed E-state index contributed by atoms with van der Waals surface area (Å²) >= 11 is 5.99. The molecule has 2 heterocycles. The van der Waals surface area contributed by atoms with Crippen LogP contribution < -0.4 is 9.64 Å². The van der Waals surface area contributed by atoms with Gasteiger partial charge in [-0.05, 0) is 44.0 Å². The van der Waals surface area contributed by atoms with Crippen molar-refractivity contribution in [3.63, 3.8) is 0 Å². The third-order valence-corrected chi connectivity index (χ3v) is 3.96. The van der Waals surface area contributed by atoms with E-state index in [1.165, 1.54) is 31.0 Å². The van der Waals surface area contributed by atoms with E-state index in [4.69, 9.17) is 16.3 Å². The fraction of sp³-hybridized carbons (Fsp3) is 0.375. The third-order valence-electron chi connectivity index (χ3n) is 3.67. The van der Waals surface area contributed by atoms with Crippen molar-refractivity contribution in [2.45, 2.75) is 25.9 Å². The highest BCUT2D eigenvalue weighted by Gasteiger charge is 2.17. The van der Waals surface area contributed by atoms with Gasteiger partial charge in [0, 0.05) is 19.3 Å². The molecule has 1 fully saturated rings. The van der Waals surface area contributed by atoms with Gasteiger partial charge in [-0.15, -0.1) is 0 Å². The molecule has 2 aromatic rings. The highest BCUT2D eigenvalue weighted by molar-refractivity contribution is 6.32. The molecule has 6 heteroatoms. The van der Waals surface area contributed by atoms with Gasteiger partial charge in [-0.1, -0.05) is 11.6 Å². The van der Waals surface area contributed by atoms with Crippen LogP contribution in [0.25, 0.3) is 0 Å². The summed E-state index contributed by atoms with van der Waals surface area (Å²) in [6, 6.07) is 5.90. The summed E-state index contributed by atoms with van der Waals surface area (Å²) in [6.07, 6.45) is 3.78. The molecule has 0 saturated carbocycles.